The van der Waals surface area contributed by atoms with Gasteiger partial charge in [-0.15, -0.1) is 11.3 Å². The van der Waals surface area contributed by atoms with Crippen molar-refractivity contribution in [1.82, 2.24) is 10.3 Å². The standard InChI is InChI=1S/C19H21N3O4S/c1-4-14(18(20)23)22-19(24)17-11(3)26-15-6-5-12(7-13(15)17)25-8-16-10(2)21-9-27-16/h5-7,9,14H,4,8H2,1-3H3,(H2,20,23)(H,22,24). The lowest BCUT2D eigenvalue weighted by Crippen LogP contribution is -2.44. The van der Waals surface area contributed by atoms with E-state index in [9.17, 15) is 9.59 Å². The van der Waals surface area contributed by atoms with Crippen molar-refractivity contribution in [3.8, 4) is 5.75 Å². The second kappa shape index (κ2) is 7.79. The highest BCUT2D eigenvalue weighted by Gasteiger charge is 2.23. The average Bonchev–Trinajstić information content (AvgIpc) is 3.18. The van der Waals surface area contributed by atoms with Gasteiger partial charge >= 0.3 is 0 Å². The summed E-state index contributed by atoms with van der Waals surface area (Å²) in [7, 11) is 0. The molecule has 1 aromatic carbocycles. The smallest absolute Gasteiger partial charge is 0.256 e. The Hall–Kier alpha value is -2.87. The second-order valence-corrected chi connectivity index (χ2v) is 7.12. The van der Waals surface area contributed by atoms with Crippen LogP contribution in [-0.4, -0.2) is 22.8 Å². The molecule has 0 fully saturated rings. The van der Waals surface area contributed by atoms with Crippen LogP contribution >= 0.6 is 11.3 Å². The molecule has 3 rings (SSSR count). The van der Waals surface area contributed by atoms with Crippen LogP contribution in [0.25, 0.3) is 11.0 Å². The van der Waals surface area contributed by atoms with E-state index in [1.54, 1.807) is 37.6 Å². The molecule has 7 nitrogen and oxygen atoms in total. The Morgan fingerprint density at radius 2 is 2.15 bits per heavy atom. The molecule has 0 radical (unpaired) electrons. The maximum Gasteiger partial charge on any atom is 0.256 e. The minimum atomic E-state index is -0.726. The van der Waals surface area contributed by atoms with E-state index in [4.69, 9.17) is 14.9 Å². The van der Waals surface area contributed by atoms with Crippen molar-refractivity contribution in [3.05, 3.63) is 45.6 Å². The molecule has 0 bridgehead atoms. The van der Waals surface area contributed by atoms with Gasteiger partial charge in [0.25, 0.3) is 5.91 Å². The molecule has 0 aliphatic heterocycles. The average molecular weight is 387 g/mol. The van der Waals surface area contributed by atoms with Crippen LogP contribution in [0.3, 0.4) is 0 Å². The zero-order valence-corrected chi connectivity index (χ0v) is 16.2. The molecule has 2 aromatic heterocycles. The number of nitrogens with zero attached hydrogens (tertiary/aromatic N) is 1. The van der Waals surface area contributed by atoms with Crippen molar-refractivity contribution in [2.24, 2.45) is 5.73 Å². The van der Waals surface area contributed by atoms with Gasteiger partial charge in [-0.05, 0) is 38.5 Å². The summed E-state index contributed by atoms with van der Waals surface area (Å²) < 4.78 is 11.5. The van der Waals surface area contributed by atoms with Crippen molar-refractivity contribution < 1.29 is 18.7 Å². The highest BCUT2D eigenvalue weighted by Crippen LogP contribution is 2.30. The first-order chi connectivity index (χ1) is 12.9. The fourth-order valence-corrected chi connectivity index (χ4v) is 3.48. The van der Waals surface area contributed by atoms with Gasteiger partial charge in [0.2, 0.25) is 5.91 Å². The quantitative estimate of drug-likeness (QED) is 0.648. The first kappa shape index (κ1) is 18.9. The summed E-state index contributed by atoms with van der Waals surface area (Å²) in [4.78, 5) is 29.4. The maximum absolute atomic E-state index is 12.7. The van der Waals surface area contributed by atoms with Crippen molar-refractivity contribution in [1.29, 1.82) is 0 Å². The third-order valence-electron chi connectivity index (χ3n) is 4.33. The number of carbonyl (C=O) groups is 2. The molecule has 142 valence electrons. The van der Waals surface area contributed by atoms with E-state index in [-0.39, 0.29) is 0 Å². The fraction of sp³-hybridized carbons (Fsp3) is 0.316. The monoisotopic (exact) mass is 387 g/mol. The maximum atomic E-state index is 12.7. The molecule has 3 aromatic rings. The number of rotatable bonds is 7. The topological polar surface area (TPSA) is 107 Å². The van der Waals surface area contributed by atoms with E-state index in [2.05, 4.69) is 10.3 Å². The lowest BCUT2D eigenvalue weighted by Gasteiger charge is -2.13. The number of benzene rings is 1. The number of ether oxygens (including phenoxy) is 1. The second-order valence-electron chi connectivity index (χ2n) is 6.18. The molecular weight excluding hydrogens is 366 g/mol. The van der Waals surface area contributed by atoms with E-state index < -0.39 is 17.9 Å². The van der Waals surface area contributed by atoms with Gasteiger partial charge in [-0.2, -0.15) is 0 Å². The minimum Gasteiger partial charge on any atom is -0.488 e. The molecule has 0 saturated heterocycles. The van der Waals surface area contributed by atoms with Gasteiger partial charge in [0.1, 0.15) is 29.7 Å². The molecule has 8 heteroatoms. The summed E-state index contributed by atoms with van der Waals surface area (Å²) in [6, 6.07) is 4.60. The number of thiazole rings is 1. The van der Waals surface area contributed by atoms with Gasteiger partial charge < -0.3 is 20.2 Å². The summed E-state index contributed by atoms with van der Waals surface area (Å²) in [5, 5.41) is 3.29. The van der Waals surface area contributed by atoms with E-state index in [0.29, 0.717) is 41.1 Å². The molecule has 0 aliphatic carbocycles. The Morgan fingerprint density at radius 3 is 2.78 bits per heavy atom. The zero-order chi connectivity index (χ0) is 19.6. The summed E-state index contributed by atoms with van der Waals surface area (Å²) in [5.74, 6) is 0.122. The number of hydrogen-bond acceptors (Lipinski definition) is 6. The molecule has 1 unspecified atom stereocenters. The van der Waals surface area contributed by atoms with Gasteiger partial charge in [0.05, 0.1) is 21.6 Å². The summed E-state index contributed by atoms with van der Waals surface area (Å²) >= 11 is 1.53. The molecule has 0 saturated carbocycles. The first-order valence-corrected chi connectivity index (χ1v) is 9.43. The van der Waals surface area contributed by atoms with Crippen LogP contribution in [0.15, 0.2) is 28.1 Å². The van der Waals surface area contributed by atoms with E-state index in [0.717, 1.165) is 10.6 Å². The molecular formula is C19H21N3O4S. The van der Waals surface area contributed by atoms with Gasteiger partial charge in [-0.1, -0.05) is 6.92 Å². The Labute approximate surface area is 160 Å². The van der Waals surface area contributed by atoms with Gasteiger partial charge in [-0.25, -0.2) is 4.98 Å². The van der Waals surface area contributed by atoms with Crippen molar-refractivity contribution in [2.75, 3.05) is 0 Å². The Morgan fingerprint density at radius 1 is 1.37 bits per heavy atom. The van der Waals surface area contributed by atoms with E-state index in [1.807, 2.05) is 6.92 Å². The number of nitrogens with one attached hydrogen (secondary N) is 1. The van der Waals surface area contributed by atoms with Crippen LogP contribution in [0.5, 0.6) is 5.75 Å². The molecule has 2 heterocycles. The Bertz CT molecular complexity index is 992. The van der Waals surface area contributed by atoms with Crippen molar-refractivity contribution >= 4 is 34.1 Å². The van der Waals surface area contributed by atoms with Crippen LogP contribution in [0.4, 0.5) is 0 Å². The number of aromatic nitrogens is 1. The SMILES string of the molecule is CCC(NC(=O)c1c(C)oc2ccc(OCc3scnc3C)cc12)C(N)=O. The van der Waals surface area contributed by atoms with E-state index >= 15 is 0 Å². The number of amides is 2. The third kappa shape index (κ3) is 3.95. The molecule has 1 atom stereocenters. The number of carbonyl (C=O) groups excluding carboxylic acids is 2. The van der Waals surface area contributed by atoms with Crippen molar-refractivity contribution in [2.45, 2.75) is 39.8 Å². The third-order valence-corrected chi connectivity index (χ3v) is 5.24. The van der Waals surface area contributed by atoms with Crippen LogP contribution in [-0.2, 0) is 11.4 Å². The minimum absolute atomic E-state index is 0.379. The van der Waals surface area contributed by atoms with Crippen LogP contribution in [0, 0.1) is 13.8 Å². The number of nitrogens with two attached hydrogens (primary N) is 1. The predicted octanol–water partition coefficient (Wildman–Crippen LogP) is 3.08. The molecule has 3 N–H and O–H groups in total. The number of primary amides is 1. The lowest BCUT2D eigenvalue weighted by atomic mass is 10.1. The largest absolute Gasteiger partial charge is 0.488 e. The van der Waals surface area contributed by atoms with E-state index in [1.165, 1.54) is 11.3 Å². The number of aryl methyl sites for hydroxylation is 2. The number of fused-ring (bicyclic) bond motifs is 1. The highest BCUT2D eigenvalue weighted by molar-refractivity contribution is 7.09. The number of furan rings is 1. The van der Waals surface area contributed by atoms with Crippen LogP contribution < -0.4 is 15.8 Å². The molecule has 0 spiro atoms. The predicted molar refractivity (Wildman–Crippen MR) is 103 cm³/mol. The molecule has 0 aliphatic rings. The van der Waals surface area contributed by atoms with Crippen molar-refractivity contribution in [3.63, 3.8) is 0 Å². The lowest BCUT2D eigenvalue weighted by molar-refractivity contribution is -0.119. The summed E-state index contributed by atoms with van der Waals surface area (Å²) in [6.45, 7) is 5.83. The summed E-state index contributed by atoms with van der Waals surface area (Å²) in [6.07, 6.45) is 0.415. The Balaban J connectivity index is 1.87. The highest BCUT2D eigenvalue weighted by atomic mass is 32.1. The normalized spacial score (nSPS) is 12.1. The van der Waals surface area contributed by atoms with Gasteiger partial charge in [0, 0.05) is 5.39 Å². The Kier molecular flexibility index (Phi) is 5.46. The first-order valence-electron chi connectivity index (χ1n) is 8.55. The molecule has 27 heavy (non-hydrogen) atoms. The van der Waals surface area contributed by atoms with Gasteiger partial charge in [0.15, 0.2) is 0 Å². The fourth-order valence-electron chi connectivity index (χ4n) is 2.79. The summed E-state index contributed by atoms with van der Waals surface area (Å²) in [5.41, 5.74) is 9.00. The zero-order valence-electron chi connectivity index (χ0n) is 15.4. The number of hydrogen-bond donors (Lipinski definition) is 2. The van der Waals surface area contributed by atoms with Gasteiger partial charge in [-0.3, -0.25) is 9.59 Å². The van der Waals surface area contributed by atoms with Crippen LogP contribution in [0.2, 0.25) is 0 Å². The van der Waals surface area contributed by atoms with Crippen LogP contribution in [0.1, 0.15) is 40.0 Å². The molecule has 2 amide bonds.